The Bertz CT molecular complexity index is 979. The third-order valence-corrected chi connectivity index (χ3v) is 6.59. The number of carbonyl (C=O) groups is 2. The second-order valence-corrected chi connectivity index (χ2v) is 9.75. The number of anilines is 1. The first-order chi connectivity index (χ1) is 14.7. The summed E-state index contributed by atoms with van der Waals surface area (Å²) in [5.74, 6) is -0.120. The van der Waals surface area contributed by atoms with E-state index >= 15 is 0 Å². The molecule has 1 aromatic carbocycles. The quantitative estimate of drug-likeness (QED) is 0.755. The van der Waals surface area contributed by atoms with Gasteiger partial charge in [0.15, 0.2) is 0 Å². The minimum Gasteiger partial charge on any atom is -0.338 e. The van der Waals surface area contributed by atoms with E-state index < -0.39 is 0 Å². The van der Waals surface area contributed by atoms with Gasteiger partial charge in [-0.25, -0.2) is 0 Å². The van der Waals surface area contributed by atoms with Gasteiger partial charge in [-0.3, -0.25) is 14.3 Å². The molecular weight excluding hydrogens is 388 g/mol. The molecule has 2 aliphatic heterocycles. The van der Waals surface area contributed by atoms with Gasteiger partial charge in [-0.15, -0.1) is 0 Å². The molecular formula is C25H34N4O2. The summed E-state index contributed by atoms with van der Waals surface area (Å²) in [4.78, 5) is 30.1. The van der Waals surface area contributed by atoms with Crippen molar-refractivity contribution < 1.29 is 9.59 Å². The van der Waals surface area contributed by atoms with E-state index in [1.807, 2.05) is 16.0 Å². The molecule has 0 spiro atoms. The fourth-order valence-corrected chi connectivity index (χ4v) is 5.01. The van der Waals surface area contributed by atoms with Crippen LogP contribution in [0.5, 0.6) is 0 Å². The van der Waals surface area contributed by atoms with Crippen molar-refractivity contribution in [2.75, 3.05) is 18.0 Å². The van der Waals surface area contributed by atoms with Gasteiger partial charge in [0.1, 0.15) is 0 Å². The number of hydrogen-bond donors (Lipinski definition) is 0. The smallest absolute Gasteiger partial charge is 0.228 e. The van der Waals surface area contributed by atoms with Crippen LogP contribution in [0.15, 0.2) is 24.4 Å². The monoisotopic (exact) mass is 422 g/mol. The Kier molecular flexibility index (Phi) is 5.67. The van der Waals surface area contributed by atoms with Gasteiger partial charge in [-0.1, -0.05) is 32.0 Å². The van der Waals surface area contributed by atoms with Crippen LogP contribution in [0.3, 0.4) is 0 Å². The van der Waals surface area contributed by atoms with Crippen LogP contribution in [0.4, 0.5) is 5.69 Å². The molecule has 31 heavy (non-hydrogen) atoms. The molecule has 0 saturated carbocycles. The van der Waals surface area contributed by atoms with E-state index in [2.05, 4.69) is 62.6 Å². The zero-order valence-corrected chi connectivity index (χ0v) is 19.4. The molecule has 6 heteroatoms. The highest BCUT2D eigenvalue weighted by Gasteiger charge is 2.39. The first kappa shape index (κ1) is 21.6. The van der Waals surface area contributed by atoms with E-state index in [1.165, 1.54) is 16.8 Å². The van der Waals surface area contributed by atoms with E-state index in [1.54, 1.807) is 0 Å². The molecule has 2 amide bonds. The van der Waals surface area contributed by atoms with Crippen LogP contribution in [-0.4, -0.2) is 39.6 Å². The van der Waals surface area contributed by atoms with Gasteiger partial charge >= 0.3 is 0 Å². The Morgan fingerprint density at radius 3 is 2.45 bits per heavy atom. The molecule has 6 nitrogen and oxygen atoms in total. The summed E-state index contributed by atoms with van der Waals surface area (Å²) in [6, 6.07) is 6.25. The fraction of sp³-hybridized carbons (Fsp3) is 0.560. The molecule has 1 atom stereocenters. The topological polar surface area (TPSA) is 58.4 Å². The maximum atomic E-state index is 13.4. The second kappa shape index (κ2) is 8.13. The highest BCUT2D eigenvalue weighted by Crippen LogP contribution is 2.34. The van der Waals surface area contributed by atoms with Crippen molar-refractivity contribution in [1.82, 2.24) is 14.7 Å². The van der Waals surface area contributed by atoms with Crippen molar-refractivity contribution in [3.05, 3.63) is 46.8 Å². The number of carbonyl (C=O) groups excluding carboxylic acids is 2. The first-order valence-electron chi connectivity index (χ1n) is 11.5. The Labute approximate surface area is 185 Å². The van der Waals surface area contributed by atoms with Crippen LogP contribution in [-0.2, 0) is 40.9 Å². The number of nitrogens with zero attached hydrogens (tertiary/aromatic N) is 4. The molecule has 1 aromatic heterocycles. The summed E-state index contributed by atoms with van der Waals surface area (Å²) in [7, 11) is 0. The largest absolute Gasteiger partial charge is 0.338 e. The van der Waals surface area contributed by atoms with E-state index in [0.29, 0.717) is 26.1 Å². The zero-order chi connectivity index (χ0) is 22.3. The van der Waals surface area contributed by atoms with Crippen LogP contribution in [0.25, 0.3) is 0 Å². The average molecular weight is 423 g/mol. The van der Waals surface area contributed by atoms with E-state index in [0.717, 1.165) is 30.5 Å². The molecule has 3 heterocycles. The highest BCUT2D eigenvalue weighted by atomic mass is 16.2. The Balaban J connectivity index is 1.52. The SMILES string of the molecule is CCc1cccc(CC)c1N1CC(C(=O)N2CCc3c(cnn3C(C)(C)C)C2)CC1=O. The lowest BCUT2D eigenvalue weighted by Gasteiger charge is -2.31. The van der Waals surface area contributed by atoms with Crippen molar-refractivity contribution in [2.45, 2.75) is 72.4 Å². The highest BCUT2D eigenvalue weighted by molar-refractivity contribution is 6.01. The number of benzene rings is 1. The fourth-order valence-electron chi connectivity index (χ4n) is 5.01. The Morgan fingerprint density at radius 1 is 1.16 bits per heavy atom. The van der Waals surface area contributed by atoms with Gasteiger partial charge in [0, 0.05) is 49.4 Å². The van der Waals surface area contributed by atoms with Gasteiger partial charge < -0.3 is 9.80 Å². The summed E-state index contributed by atoms with van der Waals surface area (Å²) in [6.07, 6.45) is 4.75. The summed E-state index contributed by atoms with van der Waals surface area (Å²) in [5, 5.41) is 4.58. The third kappa shape index (κ3) is 3.88. The summed E-state index contributed by atoms with van der Waals surface area (Å²) >= 11 is 0. The maximum absolute atomic E-state index is 13.4. The van der Waals surface area contributed by atoms with Crippen LogP contribution < -0.4 is 4.90 Å². The normalized spacial score (nSPS) is 19.1. The molecule has 2 aliphatic rings. The van der Waals surface area contributed by atoms with Crippen molar-refractivity contribution in [1.29, 1.82) is 0 Å². The first-order valence-corrected chi connectivity index (χ1v) is 11.5. The average Bonchev–Trinajstić information content (AvgIpc) is 3.35. The lowest BCUT2D eigenvalue weighted by atomic mass is 10.0. The molecule has 0 aliphatic carbocycles. The van der Waals surface area contributed by atoms with E-state index in [-0.39, 0.29) is 23.3 Å². The minimum atomic E-state index is -0.277. The van der Waals surface area contributed by atoms with Gasteiger partial charge in [-0.2, -0.15) is 5.10 Å². The molecule has 166 valence electrons. The number of aromatic nitrogens is 2. The summed E-state index contributed by atoms with van der Waals surface area (Å²) < 4.78 is 2.08. The number of aryl methyl sites for hydroxylation is 2. The second-order valence-electron chi connectivity index (χ2n) is 9.75. The van der Waals surface area contributed by atoms with Crippen LogP contribution in [0.2, 0.25) is 0 Å². The standard InChI is InChI=1S/C25H34N4O2/c1-6-17-9-8-10-18(7-2)23(17)28-16-19(13-22(28)30)24(31)27-12-11-21-20(15-27)14-26-29(21)25(3,4)5/h8-10,14,19H,6-7,11-13,15-16H2,1-5H3. The summed E-state index contributed by atoms with van der Waals surface area (Å²) in [6.45, 7) is 12.4. The van der Waals surface area contributed by atoms with E-state index in [9.17, 15) is 9.59 Å². The van der Waals surface area contributed by atoms with Crippen LogP contribution >= 0.6 is 0 Å². The van der Waals surface area contributed by atoms with Crippen molar-refractivity contribution >= 4 is 17.5 Å². The third-order valence-electron chi connectivity index (χ3n) is 6.59. The van der Waals surface area contributed by atoms with E-state index in [4.69, 9.17) is 0 Å². The van der Waals surface area contributed by atoms with Gasteiger partial charge in [0.2, 0.25) is 11.8 Å². The number of hydrogen-bond acceptors (Lipinski definition) is 3. The number of para-hydroxylation sites is 1. The molecule has 2 aromatic rings. The van der Waals surface area contributed by atoms with Gasteiger partial charge in [-0.05, 0) is 44.7 Å². The minimum absolute atomic E-state index is 0.0622. The summed E-state index contributed by atoms with van der Waals surface area (Å²) in [5.41, 5.74) is 5.67. The number of amides is 2. The van der Waals surface area contributed by atoms with Crippen LogP contribution in [0.1, 0.15) is 63.4 Å². The maximum Gasteiger partial charge on any atom is 0.228 e. The van der Waals surface area contributed by atoms with Crippen molar-refractivity contribution in [3.8, 4) is 0 Å². The Morgan fingerprint density at radius 2 is 1.84 bits per heavy atom. The molecule has 1 unspecified atom stereocenters. The van der Waals surface area contributed by atoms with Crippen LogP contribution in [0, 0.1) is 5.92 Å². The van der Waals surface area contributed by atoms with Crippen molar-refractivity contribution in [2.24, 2.45) is 5.92 Å². The Hall–Kier alpha value is -2.63. The molecule has 1 saturated heterocycles. The van der Waals surface area contributed by atoms with Gasteiger partial charge in [0.25, 0.3) is 0 Å². The number of fused-ring (bicyclic) bond motifs is 1. The molecule has 1 fully saturated rings. The molecule has 0 N–H and O–H groups in total. The lowest BCUT2D eigenvalue weighted by molar-refractivity contribution is -0.136. The number of rotatable bonds is 4. The zero-order valence-electron chi connectivity index (χ0n) is 19.4. The predicted molar refractivity (Wildman–Crippen MR) is 122 cm³/mol. The molecule has 4 rings (SSSR count). The van der Waals surface area contributed by atoms with Crippen molar-refractivity contribution in [3.63, 3.8) is 0 Å². The van der Waals surface area contributed by atoms with Gasteiger partial charge in [0.05, 0.1) is 17.7 Å². The lowest BCUT2D eigenvalue weighted by Crippen LogP contribution is -2.41. The molecule has 0 bridgehead atoms. The molecule has 0 radical (unpaired) electrons. The predicted octanol–water partition coefficient (Wildman–Crippen LogP) is 3.70.